The molecule has 0 heterocycles. The molecule has 1 unspecified atom stereocenters. The van der Waals surface area contributed by atoms with Crippen LogP contribution >= 0.6 is 0 Å². The molecule has 4 atom stereocenters. The molecule has 4 heteroatoms. The molecular formula is C19H22F2O2. The van der Waals surface area contributed by atoms with Crippen molar-refractivity contribution in [1.82, 2.24) is 0 Å². The van der Waals surface area contributed by atoms with Crippen LogP contribution in [0.1, 0.15) is 61.1 Å². The van der Waals surface area contributed by atoms with Gasteiger partial charge < -0.3 is 4.74 Å². The lowest BCUT2D eigenvalue weighted by Gasteiger charge is -2.42. The second kappa shape index (κ2) is 4.34. The highest BCUT2D eigenvalue weighted by Gasteiger charge is 2.73. The number of carbonyl (C=O) groups is 1. The van der Waals surface area contributed by atoms with Crippen LogP contribution in [0.4, 0.5) is 8.78 Å². The monoisotopic (exact) mass is 320 g/mol. The summed E-state index contributed by atoms with van der Waals surface area (Å²) in [5.74, 6) is -3.58. The number of benzene rings is 1. The number of ether oxygens (including phenoxy) is 1. The van der Waals surface area contributed by atoms with E-state index in [-0.39, 0.29) is 18.3 Å². The Morgan fingerprint density at radius 2 is 2.04 bits per heavy atom. The van der Waals surface area contributed by atoms with Crippen molar-refractivity contribution in [3.8, 4) is 0 Å². The number of esters is 1. The first-order valence-corrected chi connectivity index (χ1v) is 8.31. The highest BCUT2D eigenvalue weighted by atomic mass is 19.3. The van der Waals surface area contributed by atoms with E-state index in [2.05, 4.69) is 0 Å². The Morgan fingerprint density at radius 1 is 1.30 bits per heavy atom. The maximum absolute atomic E-state index is 14.8. The average Bonchev–Trinajstić information content (AvgIpc) is 2.84. The van der Waals surface area contributed by atoms with Crippen molar-refractivity contribution in [2.45, 2.75) is 57.3 Å². The molecule has 2 saturated carbocycles. The smallest absolute Gasteiger partial charge is 0.313 e. The lowest BCUT2D eigenvalue weighted by atomic mass is 9.61. The van der Waals surface area contributed by atoms with Gasteiger partial charge in [0.2, 0.25) is 0 Å². The van der Waals surface area contributed by atoms with Gasteiger partial charge in [0.25, 0.3) is 5.92 Å². The quantitative estimate of drug-likeness (QED) is 0.709. The maximum Gasteiger partial charge on any atom is 0.313 e. The number of hydrogen-bond donors (Lipinski definition) is 0. The molecule has 0 aliphatic heterocycles. The molecule has 1 aromatic carbocycles. The first kappa shape index (κ1) is 15.1. The summed E-state index contributed by atoms with van der Waals surface area (Å²) in [6.07, 6.45) is 1.46. The Labute approximate surface area is 135 Å². The number of carbonyl (C=O) groups excluding carboxylic acids is 1. The molecule has 0 N–H and O–H groups in total. The molecule has 0 saturated heterocycles. The summed E-state index contributed by atoms with van der Waals surface area (Å²) >= 11 is 0. The molecule has 1 aromatic rings. The third-order valence-electron chi connectivity index (χ3n) is 6.87. The average molecular weight is 320 g/mol. The molecule has 4 rings (SSSR count). The summed E-state index contributed by atoms with van der Waals surface area (Å²) in [7, 11) is 1.36. The highest BCUT2D eigenvalue weighted by molar-refractivity contribution is 5.83. The summed E-state index contributed by atoms with van der Waals surface area (Å²) < 4.78 is 34.7. The lowest BCUT2D eigenvalue weighted by Crippen LogP contribution is -2.37. The van der Waals surface area contributed by atoms with Crippen LogP contribution < -0.4 is 0 Å². The number of aryl methyl sites for hydroxylation is 1. The summed E-state index contributed by atoms with van der Waals surface area (Å²) in [4.78, 5) is 12.6. The molecular weight excluding hydrogens is 298 g/mol. The van der Waals surface area contributed by atoms with Gasteiger partial charge in [0.05, 0.1) is 13.0 Å². The molecule has 2 fully saturated rings. The van der Waals surface area contributed by atoms with Gasteiger partial charge in [-0.1, -0.05) is 25.1 Å². The second-order valence-electron chi connectivity index (χ2n) is 7.98. The lowest BCUT2D eigenvalue weighted by molar-refractivity contribution is -0.146. The molecule has 2 nitrogen and oxygen atoms in total. The first-order chi connectivity index (χ1) is 10.8. The van der Waals surface area contributed by atoms with Crippen molar-refractivity contribution in [2.75, 3.05) is 7.11 Å². The van der Waals surface area contributed by atoms with Gasteiger partial charge in [-0.2, -0.15) is 0 Å². The zero-order chi connectivity index (χ0) is 16.6. The van der Waals surface area contributed by atoms with E-state index < -0.39 is 22.7 Å². The molecule has 3 aliphatic carbocycles. The van der Waals surface area contributed by atoms with Gasteiger partial charge in [-0.15, -0.1) is 0 Å². The highest BCUT2D eigenvalue weighted by Crippen LogP contribution is 2.76. The van der Waals surface area contributed by atoms with Crippen molar-refractivity contribution < 1.29 is 18.3 Å². The fourth-order valence-corrected chi connectivity index (χ4v) is 5.84. The van der Waals surface area contributed by atoms with Gasteiger partial charge >= 0.3 is 5.97 Å². The molecule has 0 aromatic heterocycles. The Hall–Kier alpha value is -1.45. The largest absolute Gasteiger partial charge is 0.469 e. The van der Waals surface area contributed by atoms with E-state index in [1.165, 1.54) is 7.11 Å². The Balaban J connectivity index is 1.96. The molecule has 23 heavy (non-hydrogen) atoms. The number of fused-ring (bicyclic) bond motifs is 3. The van der Waals surface area contributed by atoms with E-state index in [1.54, 1.807) is 6.92 Å². The van der Waals surface area contributed by atoms with Crippen molar-refractivity contribution >= 4 is 5.97 Å². The number of hydrogen-bond acceptors (Lipinski definition) is 2. The third-order valence-corrected chi connectivity index (χ3v) is 6.87. The Kier molecular flexibility index (Phi) is 2.85. The normalized spacial score (nSPS) is 39.7. The summed E-state index contributed by atoms with van der Waals surface area (Å²) in [5, 5.41) is 0. The molecule has 3 aliphatic rings. The molecule has 2 bridgehead atoms. The molecule has 0 radical (unpaired) electrons. The SMILES string of the molecule is COC(=O)[C@H]1c2c(C)cccc2C2CC[C@@]3(C)C[C@]21CC3(F)F. The fraction of sp³-hybridized carbons (Fsp3) is 0.632. The van der Waals surface area contributed by atoms with Crippen LogP contribution in [0.15, 0.2) is 18.2 Å². The van der Waals surface area contributed by atoms with Crippen molar-refractivity contribution in [1.29, 1.82) is 0 Å². The third kappa shape index (κ3) is 1.65. The van der Waals surface area contributed by atoms with Gasteiger partial charge in [0.15, 0.2) is 0 Å². The predicted molar refractivity (Wildman–Crippen MR) is 82.6 cm³/mol. The van der Waals surface area contributed by atoms with E-state index in [4.69, 9.17) is 4.74 Å². The van der Waals surface area contributed by atoms with E-state index in [9.17, 15) is 13.6 Å². The zero-order valence-corrected chi connectivity index (χ0v) is 13.8. The zero-order valence-electron chi connectivity index (χ0n) is 13.8. The van der Waals surface area contributed by atoms with Gasteiger partial charge in [0.1, 0.15) is 0 Å². The maximum atomic E-state index is 14.8. The van der Waals surface area contributed by atoms with Gasteiger partial charge in [-0.25, -0.2) is 8.78 Å². The number of rotatable bonds is 1. The van der Waals surface area contributed by atoms with Crippen molar-refractivity contribution in [3.05, 3.63) is 34.9 Å². The van der Waals surface area contributed by atoms with E-state index in [0.29, 0.717) is 12.8 Å². The molecule has 1 spiro atoms. The first-order valence-electron chi connectivity index (χ1n) is 8.31. The fourth-order valence-electron chi connectivity index (χ4n) is 5.84. The van der Waals surface area contributed by atoms with E-state index in [0.717, 1.165) is 23.1 Å². The minimum Gasteiger partial charge on any atom is -0.469 e. The summed E-state index contributed by atoms with van der Waals surface area (Å²) in [6, 6.07) is 5.97. The van der Waals surface area contributed by atoms with Crippen LogP contribution in [0.25, 0.3) is 0 Å². The van der Waals surface area contributed by atoms with Crippen LogP contribution in [-0.4, -0.2) is 19.0 Å². The topological polar surface area (TPSA) is 26.3 Å². The van der Waals surface area contributed by atoms with Gasteiger partial charge in [-0.05, 0) is 48.8 Å². The summed E-state index contributed by atoms with van der Waals surface area (Å²) in [5.41, 5.74) is 1.38. The standard InChI is InChI=1S/C19H22F2O2/c1-11-5-4-6-12-13-7-8-17(2)9-18(13,10-19(17,20)21)15(14(11)12)16(22)23-3/h4-6,13,15H,7-10H2,1-3H3/t13?,15-,17+,18+/m1/s1. The molecule has 124 valence electrons. The van der Waals surface area contributed by atoms with Gasteiger partial charge in [-0.3, -0.25) is 4.79 Å². The minimum atomic E-state index is -2.72. The summed E-state index contributed by atoms with van der Waals surface area (Å²) in [6.45, 7) is 3.66. The number of halogens is 2. The van der Waals surface area contributed by atoms with Crippen LogP contribution in [0.3, 0.4) is 0 Å². The van der Waals surface area contributed by atoms with E-state index in [1.807, 2.05) is 25.1 Å². The minimum absolute atomic E-state index is 0.0444. The Morgan fingerprint density at radius 3 is 2.74 bits per heavy atom. The van der Waals surface area contributed by atoms with Crippen molar-refractivity contribution in [3.63, 3.8) is 0 Å². The number of alkyl halides is 2. The van der Waals surface area contributed by atoms with Crippen molar-refractivity contribution in [2.24, 2.45) is 10.8 Å². The second-order valence-corrected chi connectivity index (χ2v) is 7.98. The Bertz CT molecular complexity index is 695. The van der Waals surface area contributed by atoms with Crippen LogP contribution in [0.5, 0.6) is 0 Å². The van der Waals surface area contributed by atoms with Crippen LogP contribution in [0, 0.1) is 17.8 Å². The predicted octanol–water partition coefficient (Wildman–Crippen LogP) is 4.56. The van der Waals surface area contributed by atoms with Gasteiger partial charge in [0, 0.05) is 17.3 Å². The van der Waals surface area contributed by atoms with Crippen LogP contribution in [-0.2, 0) is 9.53 Å². The molecule has 0 amide bonds. The van der Waals surface area contributed by atoms with Crippen LogP contribution in [0.2, 0.25) is 0 Å². The van der Waals surface area contributed by atoms with E-state index >= 15 is 0 Å². The number of methoxy groups -OCH3 is 1.